The topological polar surface area (TPSA) is 35.5 Å². The van der Waals surface area contributed by atoms with Gasteiger partial charge < -0.3 is 9.47 Å². The van der Waals surface area contributed by atoms with Crippen LogP contribution in [0.4, 0.5) is 0 Å². The number of hydrogen-bond acceptors (Lipinski definition) is 3. The van der Waals surface area contributed by atoms with Crippen molar-refractivity contribution in [2.45, 2.75) is 96.8 Å². The lowest BCUT2D eigenvalue weighted by atomic mass is 10.1. The zero-order chi connectivity index (χ0) is 19.1. The van der Waals surface area contributed by atoms with Crippen molar-refractivity contribution in [1.29, 1.82) is 0 Å². The van der Waals surface area contributed by atoms with Crippen molar-refractivity contribution in [1.82, 2.24) is 0 Å². The minimum Gasteiger partial charge on any atom is -0.463 e. The van der Waals surface area contributed by atoms with Crippen molar-refractivity contribution >= 4 is 21.9 Å². The standard InChI is InChI=1S/C22H41BrO3/c1-2-3-4-5-6-7-8-9-10-11-12-13-14-15-16-17-22(24)26-21-20-25-19-18-23/h9-10H,2-8,11-21H2,1H3/b10-9-. The van der Waals surface area contributed by atoms with Gasteiger partial charge in [0.05, 0.1) is 13.2 Å². The number of hydrogen-bond donors (Lipinski definition) is 0. The maximum atomic E-state index is 11.5. The lowest BCUT2D eigenvalue weighted by Crippen LogP contribution is -2.11. The number of carbonyl (C=O) groups excluding carboxylic acids is 1. The molecule has 26 heavy (non-hydrogen) atoms. The van der Waals surface area contributed by atoms with Gasteiger partial charge in [-0.05, 0) is 32.1 Å². The minimum atomic E-state index is -0.0925. The highest BCUT2D eigenvalue weighted by atomic mass is 79.9. The highest BCUT2D eigenvalue weighted by Crippen LogP contribution is 2.10. The second kappa shape index (κ2) is 22.7. The van der Waals surface area contributed by atoms with Gasteiger partial charge in [0, 0.05) is 11.8 Å². The molecule has 0 heterocycles. The summed E-state index contributed by atoms with van der Waals surface area (Å²) in [6.07, 6.45) is 21.8. The first kappa shape index (κ1) is 25.6. The van der Waals surface area contributed by atoms with Gasteiger partial charge in [0.25, 0.3) is 0 Å². The van der Waals surface area contributed by atoms with Gasteiger partial charge in [-0.25, -0.2) is 0 Å². The Labute approximate surface area is 170 Å². The van der Waals surface area contributed by atoms with E-state index < -0.39 is 0 Å². The van der Waals surface area contributed by atoms with Crippen molar-refractivity contribution in [2.75, 3.05) is 25.2 Å². The lowest BCUT2D eigenvalue weighted by molar-refractivity contribution is -0.145. The summed E-state index contributed by atoms with van der Waals surface area (Å²) in [6, 6.07) is 0. The zero-order valence-electron chi connectivity index (χ0n) is 17.0. The molecule has 0 radical (unpaired) electrons. The van der Waals surface area contributed by atoms with Crippen molar-refractivity contribution in [2.24, 2.45) is 0 Å². The zero-order valence-corrected chi connectivity index (χ0v) is 18.6. The predicted octanol–water partition coefficient (Wildman–Crippen LogP) is 6.98. The summed E-state index contributed by atoms with van der Waals surface area (Å²) in [6.45, 7) is 3.79. The van der Waals surface area contributed by atoms with E-state index >= 15 is 0 Å². The Morgan fingerprint density at radius 2 is 1.35 bits per heavy atom. The van der Waals surface area contributed by atoms with Gasteiger partial charge in [0.15, 0.2) is 0 Å². The summed E-state index contributed by atoms with van der Waals surface area (Å²) in [4.78, 5) is 11.5. The average molecular weight is 433 g/mol. The smallest absolute Gasteiger partial charge is 0.305 e. The van der Waals surface area contributed by atoms with E-state index in [2.05, 4.69) is 35.0 Å². The van der Waals surface area contributed by atoms with Crippen LogP contribution in [-0.4, -0.2) is 31.1 Å². The molecule has 0 fully saturated rings. The molecule has 0 spiro atoms. The van der Waals surface area contributed by atoms with E-state index in [4.69, 9.17) is 9.47 Å². The van der Waals surface area contributed by atoms with Crippen LogP contribution in [0, 0.1) is 0 Å². The monoisotopic (exact) mass is 432 g/mol. The Morgan fingerprint density at radius 3 is 1.96 bits per heavy atom. The molecule has 0 aliphatic carbocycles. The predicted molar refractivity (Wildman–Crippen MR) is 115 cm³/mol. The van der Waals surface area contributed by atoms with Crippen molar-refractivity contribution in [3.63, 3.8) is 0 Å². The molecule has 0 N–H and O–H groups in total. The third-order valence-electron chi connectivity index (χ3n) is 4.35. The molecule has 0 aromatic rings. The van der Waals surface area contributed by atoms with Gasteiger partial charge >= 0.3 is 5.97 Å². The molecule has 0 aliphatic heterocycles. The normalized spacial score (nSPS) is 11.3. The Kier molecular flexibility index (Phi) is 22.4. The molecule has 0 unspecified atom stereocenters. The number of alkyl halides is 1. The fourth-order valence-corrected chi connectivity index (χ4v) is 3.01. The van der Waals surface area contributed by atoms with Crippen LogP contribution in [0.15, 0.2) is 12.2 Å². The van der Waals surface area contributed by atoms with E-state index in [-0.39, 0.29) is 5.97 Å². The quantitative estimate of drug-likeness (QED) is 0.0899. The minimum absolute atomic E-state index is 0.0925. The number of esters is 1. The van der Waals surface area contributed by atoms with E-state index in [1.807, 2.05) is 0 Å². The van der Waals surface area contributed by atoms with Gasteiger partial charge in [0.2, 0.25) is 0 Å². The van der Waals surface area contributed by atoms with E-state index in [9.17, 15) is 4.79 Å². The molecule has 154 valence electrons. The van der Waals surface area contributed by atoms with Crippen LogP contribution in [0.25, 0.3) is 0 Å². The van der Waals surface area contributed by atoms with Gasteiger partial charge in [-0.2, -0.15) is 0 Å². The summed E-state index contributed by atoms with van der Waals surface area (Å²) >= 11 is 3.28. The third kappa shape index (κ3) is 21.7. The van der Waals surface area contributed by atoms with Gasteiger partial charge in [-0.15, -0.1) is 0 Å². The second-order valence-corrected chi connectivity index (χ2v) is 7.65. The Bertz CT molecular complexity index is 319. The summed E-state index contributed by atoms with van der Waals surface area (Å²) in [7, 11) is 0. The second-order valence-electron chi connectivity index (χ2n) is 6.86. The third-order valence-corrected chi connectivity index (χ3v) is 4.68. The maximum absolute atomic E-state index is 11.5. The van der Waals surface area contributed by atoms with Gasteiger partial charge in [-0.3, -0.25) is 4.79 Å². The maximum Gasteiger partial charge on any atom is 0.305 e. The Hall–Kier alpha value is -0.350. The number of ether oxygens (including phenoxy) is 2. The first-order valence-electron chi connectivity index (χ1n) is 10.8. The number of carbonyl (C=O) groups is 1. The molecular weight excluding hydrogens is 392 g/mol. The fourth-order valence-electron chi connectivity index (χ4n) is 2.78. The van der Waals surface area contributed by atoms with Crippen LogP contribution < -0.4 is 0 Å². The van der Waals surface area contributed by atoms with E-state index in [0.29, 0.717) is 26.2 Å². The van der Waals surface area contributed by atoms with Crippen LogP contribution in [0.5, 0.6) is 0 Å². The van der Waals surface area contributed by atoms with E-state index in [1.54, 1.807) is 0 Å². The summed E-state index contributed by atoms with van der Waals surface area (Å²) in [5.74, 6) is -0.0925. The molecule has 0 saturated carbocycles. The number of allylic oxidation sites excluding steroid dienone is 2. The van der Waals surface area contributed by atoms with Gasteiger partial charge in [0.1, 0.15) is 6.61 Å². The number of halogens is 1. The molecule has 0 saturated heterocycles. The van der Waals surface area contributed by atoms with Crippen LogP contribution in [0.1, 0.15) is 96.8 Å². The molecule has 0 bridgehead atoms. The van der Waals surface area contributed by atoms with Crippen molar-refractivity contribution < 1.29 is 14.3 Å². The molecular formula is C22H41BrO3. The van der Waals surface area contributed by atoms with Crippen LogP contribution in [0.3, 0.4) is 0 Å². The Morgan fingerprint density at radius 1 is 0.769 bits per heavy atom. The SMILES string of the molecule is CCCCCCCC/C=C\CCCCCCCC(=O)OCCOCCBr. The van der Waals surface area contributed by atoms with Crippen LogP contribution >= 0.6 is 15.9 Å². The molecule has 4 heteroatoms. The summed E-state index contributed by atoms with van der Waals surface area (Å²) in [5.41, 5.74) is 0. The first-order chi connectivity index (χ1) is 12.8. The first-order valence-corrected chi connectivity index (χ1v) is 11.9. The summed E-state index contributed by atoms with van der Waals surface area (Å²) in [5, 5.41) is 0.815. The van der Waals surface area contributed by atoms with E-state index in [0.717, 1.165) is 18.2 Å². The molecule has 0 aromatic carbocycles. The molecule has 0 aliphatic rings. The lowest BCUT2D eigenvalue weighted by Gasteiger charge is -2.05. The number of rotatable bonds is 20. The van der Waals surface area contributed by atoms with Crippen LogP contribution in [0.2, 0.25) is 0 Å². The Balaban J connectivity index is 3.18. The highest BCUT2D eigenvalue weighted by Gasteiger charge is 2.02. The molecule has 0 aromatic heterocycles. The molecule has 0 atom stereocenters. The van der Waals surface area contributed by atoms with E-state index in [1.165, 1.54) is 70.6 Å². The summed E-state index contributed by atoms with van der Waals surface area (Å²) < 4.78 is 10.4. The van der Waals surface area contributed by atoms with Crippen molar-refractivity contribution in [3.8, 4) is 0 Å². The van der Waals surface area contributed by atoms with Gasteiger partial charge in [-0.1, -0.05) is 86.4 Å². The fraction of sp³-hybridized carbons (Fsp3) is 0.864. The molecule has 3 nitrogen and oxygen atoms in total. The average Bonchev–Trinajstić information content (AvgIpc) is 2.64. The largest absolute Gasteiger partial charge is 0.463 e. The molecule has 0 rings (SSSR count). The van der Waals surface area contributed by atoms with Crippen LogP contribution in [-0.2, 0) is 14.3 Å². The highest BCUT2D eigenvalue weighted by molar-refractivity contribution is 9.09. The molecule has 0 amide bonds. The van der Waals surface area contributed by atoms with Crippen molar-refractivity contribution in [3.05, 3.63) is 12.2 Å². The number of unbranched alkanes of at least 4 members (excludes halogenated alkanes) is 11.